The zero-order valence-corrected chi connectivity index (χ0v) is 20.4. The summed E-state index contributed by atoms with van der Waals surface area (Å²) in [5.74, 6) is 10.9. The van der Waals surface area contributed by atoms with Crippen LogP contribution in [0, 0.1) is 0 Å². The second-order valence-corrected chi connectivity index (χ2v) is 9.02. The first-order chi connectivity index (χ1) is 16.9. The Morgan fingerprint density at radius 1 is 1.17 bits per heavy atom. The van der Waals surface area contributed by atoms with E-state index in [4.69, 9.17) is 16.4 Å². The average Bonchev–Trinajstić information content (AvgIpc) is 3.26. The molecule has 6 N–H and O–H groups in total. The molecule has 3 aromatic rings. The van der Waals surface area contributed by atoms with Crippen molar-refractivity contribution in [3.63, 3.8) is 0 Å². The molecule has 9 nitrogen and oxygen atoms in total. The van der Waals surface area contributed by atoms with Crippen LogP contribution in [0.1, 0.15) is 37.3 Å². The van der Waals surface area contributed by atoms with Crippen LogP contribution >= 0.6 is 11.3 Å². The first kappa shape index (κ1) is 26.0. The van der Waals surface area contributed by atoms with Crippen molar-refractivity contribution in [2.45, 2.75) is 51.3 Å². The number of ether oxygens (including phenoxy) is 1. The van der Waals surface area contributed by atoms with Gasteiger partial charge in [0.15, 0.2) is 5.84 Å². The third kappa shape index (κ3) is 6.93. The fourth-order valence-corrected chi connectivity index (χ4v) is 4.78. The molecule has 2 aromatic carbocycles. The molecular formula is C25H31N5O4S. The van der Waals surface area contributed by atoms with Crippen LogP contribution in [-0.4, -0.2) is 40.1 Å². The number of nitrogens with zero attached hydrogens (tertiary/aromatic N) is 2. The molecule has 186 valence electrons. The molecule has 0 aliphatic heterocycles. The van der Waals surface area contributed by atoms with Gasteiger partial charge in [-0.15, -0.1) is 11.3 Å². The number of carboxylic acids is 1. The maximum absolute atomic E-state index is 12.7. The summed E-state index contributed by atoms with van der Waals surface area (Å²) in [5.41, 5.74) is 1.79. The van der Waals surface area contributed by atoms with Crippen LogP contribution in [0.3, 0.4) is 0 Å². The number of alkyl carbamates (subject to hydrolysis) is 1. The van der Waals surface area contributed by atoms with E-state index < -0.39 is 24.1 Å². The highest BCUT2D eigenvalue weighted by Crippen LogP contribution is 2.27. The number of carbonyl (C=O) groups excluding carboxylic acids is 1. The van der Waals surface area contributed by atoms with Gasteiger partial charge in [-0.2, -0.15) is 5.10 Å². The minimum atomic E-state index is -1.09. The molecule has 1 amide bonds. The van der Waals surface area contributed by atoms with Crippen LogP contribution < -0.4 is 17.0 Å². The van der Waals surface area contributed by atoms with Crippen molar-refractivity contribution in [2.75, 3.05) is 0 Å². The van der Waals surface area contributed by atoms with Crippen LogP contribution in [0.2, 0.25) is 0 Å². The van der Waals surface area contributed by atoms with E-state index in [0.717, 1.165) is 32.6 Å². The highest BCUT2D eigenvalue weighted by molar-refractivity contribution is 7.17. The highest BCUT2D eigenvalue weighted by Gasteiger charge is 2.32. The number of thiophene rings is 1. The lowest BCUT2D eigenvalue weighted by Gasteiger charge is -2.31. The lowest BCUT2D eigenvalue weighted by atomic mass is 10.0. The largest absolute Gasteiger partial charge is 0.480 e. The van der Waals surface area contributed by atoms with Crippen molar-refractivity contribution >= 4 is 39.3 Å². The van der Waals surface area contributed by atoms with Gasteiger partial charge in [-0.3, -0.25) is 5.01 Å². The molecule has 0 saturated carbocycles. The number of unbranched alkanes of at least 4 members (excludes halogenated alkanes) is 1. The minimum absolute atomic E-state index is 0.0560. The molecular weight excluding hydrogens is 466 g/mol. The van der Waals surface area contributed by atoms with Crippen molar-refractivity contribution in [1.29, 1.82) is 0 Å². The van der Waals surface area contributed by atoms with Gasteiger partial charge in [0.05, 0.1) is 6.04 Å². The quantitative estimate of drug-likeness (QED) is 0.136. The second-order valence-electron chi connectivity index (χ2n) is 8.11. The number of hydrogen-bond acceptors (Lipinski definition) is 7. The van der Waals surface area contributed by atoms with Crippen LogP contribution in [0.5, 0.6) is 0 Å². The molecule has 0 saturated heterocycles. The van der Waals surface area contributed by atoms with Gasteiger partial charge in [0.25, 0.3) is 0 Å². The zero-order valence-electron chi connectivity index (χ0n) is 19.6. The maximum atomic E-state index is 12.7. The molecule has 0 fully saturated rings. The van der Waals surface area contributed by atoms with E-state index in [-0.39, 0.29) is 12.4 Å². The lowest BCUT2D eigenvalue weighted by Crippen LogP contribution is -2.58. The second kappa shape index (κ2) is 12.7. The standard InChI is InChI=1S/C25H31N5O4S/c1-2-3-12-21(24(31)32)30(27)23(29-26)20(14-18-16-35-22-13-8-7-11-19(18)22)28-25(33)34-15-17-9-5-4-6-10-17/h4-11,13,16,20-21H,2-3,12,14-15,26-27H2,1H3,(H,28,33)(H,31,32)/b29-23-/t20?,21-/m0/s1. The smallest absolute Gasteiger partial charge is 0.408 e. The summed E-state index contributed by atoms with van der Waals surface area (Å²) in [5, 5.41) is 20.4. The molecule has 35 heavy (non-hydrogen) atoms. The number of amidine groups is 1. The molecule has 3 rings (SSSR count). The Bertz CT molecular complexity index is 1150. The summed E-state index contributed by atoms with van der Waals surface area (Å²) < 4.78 is 6.49. The molecule has 1 aromatic heterocycles. The Morgan fingerprint density at radius 3 is 2.57 bits per heavy atom. The first-order valence-corrected chi connectivity index (χ1v) is 12.3. The number of hydrogen-bond donors (Lipinski definition) is 4. The van der Waals surface area contributed by atoms with Crippen molar-refractivity contribution in [2.24, 2.45) is 16.8 Å². The molecule has 0 aliphatic carbocycles. The van der Waals surface area contributed by atoms with Gasteiger partial charge in [-0.1, -0.05) is 68.3 Å². The monoisotopic (exact) mass is 497 g/mol. The van der Waals surface area contributed by atoms with E-state index in [2.05, 4.69) is 10.4 Å². The number of nitrogens with one attached hydrogen (secondary N) is 1. The zero-order chi connectivity index (χ0) is 25.2. The van der Waals surface area contributed by atoms with E-state index >= 15 is 0 Å². The van der Waals surface area contributed by atoms with Crippen LogP contribution in [0.25, 0.3) is 10.1 Å². The molecule has 0 spiro atoms. The fourth-order valence-electron chi connectivity index (χ4n) is 3.80. The van der Waals surface area contributed by atoms with Crippen molar-refractivity contribution in [3.05, 3.63) is 71.1 Å². The summed E-state index contributed by atoms with van der Waals surface area (Å²) in [4.78, 5) is 24.7. The van der Waals surface area contributed by atoms with Crippen LogP contribution in [-0.2, 0) is 22.6 Å². The molecule has 2 atom stereocenters. The van der Waals surface area contributed by atoms with E-state index in [1.807, 2.05) is 66.9 Å². The van der Waals surface area contributed by atoms with Gasteiger partial charge in [0.1, 0.15) is 12.6 Å². The third-order valence-corrected chi connectivity index (χ3v) is 6.66. The fraction of sp³-hybridized carbons (Fsp3) is 0.320. The van der Waals surface area contributed by atoms with Gasteiger partial charge in [0.2, 0.25) is 0 Å². The van der Waals surface area contributed by atoms with E-state index in [1.54, 1.807) is 11.3 Å². The predicted octanol–water partition coefficient (Wildman–Crippen LogP) is 3.83. The van der Waals surface area contributed by atoms with E-state index in [0.29, 0.717) is 19.3 Å². The van der Waals surface area contributed by atoms with Gasteiger partial charge in [0, 0.05) is 11.1 Å². The number of benzene rings is 2. The van der Waals surface area contributed by atoms with Gasteiger partial charge in [-0.05, 0) is 34.4 Å². The Hall–Kier alpha value is -3.63. The number of amides is 1. The Labute approximate surface area is 208 Å². The number of nitrogens with two attached hydrogens (primary N) is 2. The van der Waals surface area contributed by atoms with Crippen LogP contribution in [0.15, 0.2) is 65.1 Å². The third-order valence-electron chi connectivity index (χ3n) is 5.65. The number of aliphatic carboxylic acids is 1. The minimum Gasteiger partial charge on any atom is -0.480 e. The average molecular weight is 498 g/mol. The first-order valence-electron chi connectivity index (χ1n) is 11.4. The summed E-state index contributed by atoms with van der Waals surface area (Å²) >= 11 is 1.58. The maximum Gasteiger partial charge on any atom is 0.408 e. The van der Waals surface area contributed by atoms with Crippen LogP contribution in [0.4, 0.5) is 4.79 Å². The Morgan fingerprint density at radius 2 is 1.89 bits per heavy atom. The number of carboxylic acid groups (broad SMARTS) is 1. The van der Waals surface area contributed by atoms with Gasteiger partial charge in [-0.25, -0.2) is 15.4 Å². The molecule has 10 heteroatoms. The van der Waals surface area contributed by atoms with Gasteiger partial charge < -0.3 is 21.0 Å². The molecule has 0 radical (unpaired) electrons. The summed E-state index contributed by atoms with van der Waals surface area (Å²) in [6, 6.07) is 15.3. The number of hydrazine groups is 1. The van der Waals surface area contributed by atoms with E-state index in [1.165, 1.54) is 0 Å². The molecule has 1 heterocycles. The van der Waals surface area contributed by atoms with E-state index in [9.17, 15) is 14.7 Å². The molecule has 0 bridgehead atoms. The normalized spacial score (nSPS) is 13.3. The molecule has 0 aliphatic rings. The summed E-state index contributed by atoms with van der Waals surface area (Å²) in [6.45, 7) is 2.04. The topological polar surface area (TPSA) is 143 Å². The number of fused-ring (bicyclic) bond motifs is 1. The lowest BCUT2D eigenvalue weighted by molar-refractivity contribution is -0.142. The van der Waals surface area contributed by atoms with Crippen molar-refractivity contribution in [1.82, 2.24) is 10.3 Å². The van der Waals surface area contributed by atoms with Crippen molar-refractivity contribution in [3.8, 4) is 0 Å². The highest BCUT2D eigenvalue weighted by atomic mass is 32.1. The Kier molecular flexibility index (Phi) is 9.45. The summed E-state index contributed by atoms with van der Waals surface area (Å²) in [6.07, 6.45) is 1.39. The summed E-state index contributed by atoms with van der Waals surface area (Å²) in [7, 11) is 0. The number of rotatable bonds is 11. The number of hydrazone groups is 1. The van der Waals surface area contributed by atoms with Crippen molar-refractivity contribution < 1.29 is 19.4 Å². The molecule has 1 unspecified atom stereocenters. The van der Waals surface area contributed by atoms with Gasteiger partial charge >= 0.3 is 12.1 Å². The Balaban J connectivity index is 1.84. The predicted molar refractivity (Wildman–Crippen MR) is 138 cm³/mol. The number of carbonyl (C=O) groups is 2. The SMILES string of the molecule is CCCC[C@@H](C(=O)O)N(N)/C(=N\N)C(Cc1csc2ccccc12)NC(=O)OCc1ccccc1.